The molecule has 0 saturated carbocycles. The maximum absolute atomic E-state index is 11.9. The summed E-state index contributed by atoms with van der Waals surface area (Å²) in [5, 5.41) is 3.00. The summed E-state index contributed by atoms with van der Waals surface area (Å²) in [6, 6.07) is 8.29. The van der Waals surface area contributed by atoms with Crippen molar-refractivity contribution >= 4 is 11.6 Å². The number of carbonyl (C=O) groups is 1. The average molecular weight is 303 g/mol. The van der Waals surface area contributed by atoms with Crippen LogP contribution in [0.25, 0.3) is 0 Å². The lowest BCUT2D eigenvalue weighted by Gasteiger charge is -2.07. The molecule has 0 atom stereocenters. The van der Waals surface area contributed by atoms with E-state index in [1.807, 2.05) is 12.1 Å². The van der Waals surface area contributed by atoms with Gasteiger partial charge in [-0.25, -0.2) is 0 Å². The molecule has 0 aliphatic rings. The highest BCUT2D eigenvalue weighted by Crippen LogP contribution is 2.13. The second-order valence-electron chi connectivity index (χ2n) is 6.22. The highest BCUT2D eigenvalue weighted by molar-refractivity contribution is 5.90. The van der Waals surface area contributed by atoms with Gasteiger partial charge in [-0.2, -0.15) is 0 Å². The quantitative estimate of drug-likeness (QED) is 0.464. The molecule has 1 rings (SSSR count). The third kappa shape index (κ3) is 8.86. The standard InChI is InChI=1S/C20H33NO/c1-3-5-7-8-9-10-11-13-20(22)21-19-16-14-18(15-17-19)12-6-4-2/h14-17H,3-13H2,1-2H3,(H,21,22). The SMILES string of the molecule is CCCCCCCCCC(=O)Nc1ccc(CCCC)cc1. The number of carbonyl (C=O) groups excluding carboxylic acids is 1. The lowest BCUT2D eigenvalue weighted by Crippen LogP contribution is -2.11. The molecule has 0 radical (unpaired) electrons. The molecule has 124 valence electrons. The predicted molar refractivity (Wildman–Crippen MR) is 96.3 cm³/mol. The first kappa shape index (κ1) is 18.7. The fourth-order valence-corrected chi connectivity index (χ4v) is 2.60. The lowest BCUT2D eigenvalue weighted by atomic mass is 10.1. The summed E-state index contributed by atoms with van der Waals surface area (Å²) in [5.74, 6) is 0.148. The number of hydrogen-bond acceptors (Lipinski definition) is 1. The Balaban J connectivity index is 2.13. The lowest BCUT2D eigenvalue weighted by molar-refractivity contribution is -0.116. The average Bonchev–Trinajstić information content (AvgIpc) is 2.53. The fourth-order valence-electron chi connectivity index (χ4n) is 2.60. The van der Waals surface area contributed by atoms with E-state index in [2.05, 4.69) is 31.3 Å². The smallest absolute Gasteiger partial charge is 0.224 e. The van der Waals surface area contributed by atoms with Crippen LogP contribution in [-0.2, 0) is 11.2 Å². The Labute approximate surface area is 136 Å². The van der Waals surface area contributed by atoms with Crippen LogP contribution >= 0.6 is 0 Å². The van der Waals surface area contributed by atoms with Crippen molar-refractivity contribution in [2.75, 3.05) is 5.32 Å². The van der Waals surface area contributed by atoms with Gasteiger partial charge < -0.3 is 5.32 Å². The number of hydrogen-bond donors (Lipinski definition) is 1. The molecular formula is C20H33NO. The number of anilines is 1. The van der Waals surface area contributed by atoms with E-state index in [-0.39, 0.29) is 5.91 Å². The minimum Gasteiger partial charge on any atom is -0.326 e. The van der Waals surface area contributed by atoms with Crippen molar-refractivity contribution in [3.05, 3.63) is 29.8 Å². The first-order valence-corrected chi connectivity index (χ1v) is 9.15. The van der Waals surface area contributed by atoms with Crippen molar-refractivity contribution in [1.82, 2.24) is 0 Å². The van der Waals surface area contributed by atoms with Crippen LogP contribution in [0.5, 0.6) is 0 Å². The molecule has 0 heterocycles. The summed E-state index contributed by atoms with van der Waals surface area (Å²) in [6.07, 6.45) is 12.9. The Hall–Kier alpha value is -1.31. The fraction of sp³-hybridized carbons (Fsp3) is 0.650. The normalized spacial score (nSPS) is 10.6. The molecule has 0 fully saturated rings. The zero-order chi connectivity index (χ0) is 16.0. The van der Waals surface area contributed by atoms with E-state index in [0.717, 1.165) is 18.5 Å². The summed E-state index contributed by atoms with van der Waals surface area (Å²) >= 11 is 0. The molecule has 1 aromatic carbocycles. The number of nitrogens with one attached hydrogen (secondary N) is 1. The van der Waals surface area contributed by atoms with E-state index in [0.29, 0.717) is 6.42 Å². The van der Waals surface area contributed by atoms with Crippen LogP contribution in [0.4, 0.5) is 5.69 Å². The molecule has 1 aromatic rings. The van der Waals surface area contributed by atoms with Gasteiger partial charge in [-0.05, 0) is 37.0 Å². The second kappa shape index (κ2) is 12.3. The van der Waals surface area contributed by atoms with Crippen LogP contribution < -0.4 is 5.32 Å². The molecule has 22 heavy (non-hydrogen) atoms. The number of benzene rings is 1. The molecule has 2 nitrogen and oxygen atoms in total. The molecule has 0 unspecified atom stereocenters. The van der Waals surface area contributed by atoms with Crippen molar-refractivity contribution < 1.29 is 4.79 Å². The molecule has 0 spiro atoms. The minimum absolute atomic E-state index is 0.148. The molecule has 0 bridgehead atoms. The Morgan fingerprint density at radius 1 is 0.818 bits per heavy atom. The van der Waals surface area contributed by atoms with Crippen LogP contribution in [0.3, 0.4) is 0 Å². The predicted octanol–water partition coefficient (Wildman–Crippen LogP) is 6.11. The van der Waals surface area contributed by atoms with Crippen LogP contribution in [-0.4, -0.2) is 5.91 Å². The third-order valence-electron chi connectivity index (χ3n) is 4.06. The Morgan fingerprint density at radius 3 is 2.05 bits per heavy atom. The molecule has 1 amide bonds. The Bertz CT molecular complexity index is 397. The van der Waals surface area contributed by atoms with Crippen molar-refractivity contribution in [1.29, 1.82) is 0 Å². The van der Waals surface area contributed by atoms with Crippen LogP contribution in [0.2, 0.25) is 0 Å². The van der Waals surface area contributed by atoms with Crippen molar-refractivity contribution in [2.45, 2.75) is 84.5 Å². The Morgan fingerprint density at radius 2 is 1.41 bits per heavy atom. The monoisotopic (exact) mass is 303 g/mol. The first-order valence-electron chi connectivity index (χ1n) is 9.15. The maximum Gasteiger partial charge on any atom is 0.224 e. The van der Waals surface area contributed by atoms with Crippen molar-refractivity contribution in [3.63, 3.8) is 0 Å². The number of amides is 1. The van der Waals surface area contributed by atoms with Gasteiger partial charge in [-0.15, -0.1) is 0 Å². The van der Waals surface area contributed by atoms with Crippen LogP contribution in [0, 0.1) is 0 Å². The van der Waals surface area contributed by atoms with Gasteiger partial charge in [-0.3, -0.25) is 4.79 Å². The number of aryl methyl sites for hydroxylation is 1. The summed E-state index contributed by atoms with van der Waals surface area (Å²) in [6.45, 7) is 4.44. The van der Waals surface area contributed by atoms with Crippen molar-refractivity contribution in [3.8, 4) is 0 Å². The van der Waals surface area contributed by atoms with Gasteiger partial charge >= 0.3 is 0 Å². The molecule has 1 N–H and O–H groups in total. The van der Waals surface area contributed by atoms with Crippen LogP contribution in [0.15, 0.2) is 24.3 Å². The van der Waals surface area contributed by atoms with Gasteiger partial charge in [0.25, 0.3) is 0 Å². The molecule has 0 aromatic heterocycles. The zero-order valence-electron chi connectivity index (χ0n) is 14.5. The molecule has 0 saturated heterocycles. The summed E-state index contributed by atoms with van der Waals surface area (Å²) in [7, 11) is 0. The van der Waals surface area contributed by atoms with E-state index < -0.39 is 0 Å². The Kier molecular flexibility index (Phi) is 10.4. The highest BCUT2D eigenvalue weighted by atomic mass is 16.1. The zero-order valence-corrected chi connectivity index (χ0v) is 14.5. The summed E-state index contributed by atoms with van der Waals surface area (Å²) < 4.78 is 0. The van der Waals surface area contributed by atoms with E-state index >= 15 is 0 Å². The van der Waals surface area contributed by atoms with Gasteiger partial charge in [0.2, 0.25) is 5.91 Å². The van der Waals surface area contributed by atoms with Gasteiger partial charge in [0.15, 0.2) is 0 Å². The van der Waals surface area contributed by atoms with E-state index in [9.17, 15) is 4.79 Å². The van der Waals surface area contributed by atoms with E-state index in [1.54, 1.807) is 0 Å². The van der Waals surface area contributed by atoms with Crippen LogP contribution in [0.1, 0.15) is 83.6 Å². The minimum atomic E-state index is 0.148. The first-order chi connectivity index (χ1) is 10.8. The molecule has 0 aliphatic heterocycles. The van der Waals surface area contributed by atoms with Gasteiger partial charge in [0.05, 0.1) is 0 Å². The van der Waals surface area contributed by atoms with Gasteiger partial charge in [0, 0.05) is 12.1 Å². The van der Waals surface area contributed by atoms with Gasteiger partial charge in [-0.1, -0.05) is 70.9 Å². The third-order valence-corrected chi connectivity index (χ3v) is 4.06. The largest absolute Gasteiger partial charge is 0.326 e. The van der Waals surface area contributed by atoms with Crippen molar-refractivity contribution in [2.24, 2.45) is 0 Å². The number of rotatable bonds is 12. The molecular weight excluding hydrogens is 270 g/mol. The topological polar surface area (TPSA) is 29.1 Å². The van der Waals surface area contributed by atoms with Gasteiger partial charge in [0.1, 0.15) is 0 Å². The summed E-state index contributed by atoms with van der Waals surface area (Å²) in [5.41, 5.74) is 2.28. The number of unbranched alkanes of at least 4 members (excludes halogenated alkanes) is 7. The summed E-state index contributed by atoms with van der Waals surface area (Å²) in [4.78, 5) is 11.9. The van der Waals surface area contributed by atoms with E-state index in [1.165, 1.54) is 56.9 Å². The second-order valence-corrected chi connectivity index (χ2v) is 6.22. The molecule has 2 heteroatoms. The molecule has 0 aliphatic carbocycles. The highest BCUT2D eigenvalue weighted by Gasteiger charge is 2.02. The maximum atomic E-state index is 11.9. The van der Waals surface area contributed by atoms with E-state index in [4.69, 9.17) is 0 Å².